The highest BCUT2D eigenvalue weighted by atomic mass is 32.2. The van der Waals surface area contributed by atoms with Gasteiger partial charge in [-0.05, 0) is 24.1 Å². The largest absolute Gasteiger partial charge is 0.481 e. The normalized spacial score (nSPS) is 11.6. The summed E-state index contributed by atoms with van der Waals surface area (Å²) in [7, 11) is 0.853. The van der Waals surface area contributed by atoms with Gasteiger partial charge in [0, 0.05) is 27.6 Å². The Morgan fingerprint density at radius 1 is 1.26 bits per heavy atom. The van der Waals surface area contributed by atoms with Gasteiger partial charge in [-0.3, -0.25) is 9.10 Å². The van der Waals surface area contributed by atoms with E-state index in [1.165, 1.54) is 21.1 Å². The summed E-state index contributed by atoms with van der Waals surface area (Å²) >= 11 is 0. The zero-order valence-corrected chi connectivity index (χ0v) is 12.0. The highest BCUT2D eigenvalue weighted by molar-refractivity contribution is 7.90. The first-order chi connectivity index (χ1) is 8.75. The minimum atomic E-state index is -3.53. The molecule has 0 bridgehead atoms. The van der Waals surface area contributed by atoms with Crippen molar-refractivity contribution in [3.63, 3.8) is 0 Å². The molecule has 0 spiro atoms. The second-order valence-electron chi connectivity index (χ2n) is 4.32. The number of carboxylic acids is 1. The van der Waals surface area contributed by atoms with Crippen LogP contribution in [0.3, 0.4) is 0 Å². The average molecular weight is 286 g/mol. The Morgan fingerprint density at radius 2 is 1.89 bits per heavy atom. The molecule has 106 valence electrons. The molecule has 0 heterocycles. The molecule has 19 heavy (non-hydrogen) atoms. The third-order valence-electron chi connectivity index (χ3n) is 2.71. The number of carbonyl (C=O) groups is 1. The lowest BCUT2D eigenvalue weighted by atomic mass is 10.1. The van der Waals surface area contributed by atoms with Crippen LogP contribution in [-0.2, 0) is 21.4 Å². The number of hydrogen-bond acceptors (Lipinski definition) is 3. The zero-order chi connectivity index (χ0) is 14.6. The summed E-state index contributed by atoms with van der Waals surface area (Å²) in [5, 5.41) is 8.64. The highest BCUT2D eigenvalue weighted by Gasteiger charge is 2.20. The molecule has 0 atom stereocenters. The molecule has 0 saturated carbocycles. The number of rotatable bonds is 6. The predicted molar refractivity (Wildman–Crippen MR) is 73.4 cm³/mol. The van der Waals surface area contributed by atoms with Gasteiger partial charge < -0.3 is 5.11 Å². The summed E-state index contributed by atoms with van der Waals surface area (Å²) in [5.74, 6) is -0.875. The number of nitrogens with zero attached hydrogens (tertiary/aromatic N) is 2. The third-order valence-corrected chi connectivity index (χ3v) is 4.54. The Kier molecular flexibility index (Phi) is 4.90. The van der Waals surface area contributed by atoms with Crippen molar-refractivity contribution >= 4 is 21.9 Å². The second kappa shape index (κ2) is 6.03. The molecule has 0 aromatic heterocycles. The van der Waals surface area contributed by atoms with E-state index >= 15 is 0 Å². The fourth-order valence-electron chi connectivity index (χ4n) is 1.54. The number of anilines is 1. The molecule has 0 fully saturated rings. The fourth-order valence-corrected chi connectivity index (χ4v) is 2.41. The van der Waals surface area contributed by atoms with E-state index < -0.39 is 16.2 Å². The molecule has 6 nitrogen and oxygen atoms in total. The second-order valence-corrected chi connectivity index (χ2v) is 6.49. The summed E-state index contributed by atoms with van der Waals surface area (Å²) in [6.45, 7) is 0. The van der Waals surface area contributed by atoms with E-state index in [0.717, 1.165) is 14.2 Å². The van der Waals surface area contributed by atoms with Gasteiger partial charge in [-0.1, -0.05) is 12.1 Å². The molecule has 0 saturated heterocycles. The first-order valence-electron chi connectivity index (χ1n) is 5.72. The van der Waals surface area contributed by atoms with Crippen molar-refractivity contribution in [3.8, 4) is 0 Å². The summed E-state index contributed by atoms with van der Waals surface area (Å²) in [4.78, 5) is 10.5. The topological polar surface area (TPSA) is 77.9 Å². The van der Waals surface area contributed by atoms with Crippen molar-refractivity contribution in [2.24, 2.45) is 0 Å². The molecule has 0 aliphatic heterocycles. The minimum absolute atomic E-state index is 0.0214. The summed E-state index contributed by atoms with van der Waals surface area (Å²) in [5.41, 5.74) is 1.30. The van der Waals surface area contributed by atoms with Gasteiger partial charge in [-0.2, -0.15) is 12.7 Å². The Hall–Kier alpha value is -1.60. The van der Waals surface area contributed by atoms with E-state index in [9.17, 15) is 13.2 Å². The SMILES string of the molecule is CN(C)S(=O)(=O)N(C)c1cccc(CCC(=O)O)c1. The maximum absolute atomic E-state index is 12.0. The molecule has 0 unspecified atom stereocenters. The van der Waals surface area contributed by atoms with Gasteiger partial charge in [-0.15, -0.1) is 0 Å². The van der Waals surface area contributed by atoms with Crippen LogP contribution >= 0.6 is 0 Å². The van der Waals surface area contributed by atoms with Crippen LogP contribution < -0.4 is 4.31 Å². The van der Waals surface area contributed by atoms with E-state index in [-0.39, 0.29) is 6.42 Å². The molecule has 0 amide bonds. The monoisotopic (exact) mass is 286 g/mol. The lowest BCUT2D eigenvalue weighted by Gasteiger charge is -2.23. The number of aryl methyl sites for hydroxylation is 1. The summed E-state index contributed by atoms with van der Waals surface area (Å²) < 4.78 is 26.2. The molecular formula is C12H18N2O4S. The van der Waals surface area contributed by atoms with Crippen LogP contribution in [0.1, 0.15) is 12.0 Å². The Balaban J connectivity index is 2.96. The van der Waals surface area contributed by atoms with Crippen molar-refractivity contribution in [2.45, 2.75) is 12.8 Å². The smallest absolute Gasteiger partial charge is 0.303 e. The van der Waals surface area contributed by atoms with Gasteiger partial charge >= 0.3 is 16.2 Å². The van der Waals surface area contributed by atoms with Gasteiger partial charge in [0.05, 0.1) is 5.69 Å². The highest BCUT2D eigenvalue weighted by Crippen LogP contribution is 2.19. The number of aliphatic carboxylic acids is 1. The summed E-state index contributed by atoms with van der Waals surface area (Å²) in [6, 6.07) is 6.85. The van der Waals surface area contributed by atoms with Crippen LogP contribution in [0.4, 0.5) is 5.69 Å². The van der Waals surface area contributed by atoms with E-state index in [1.807, 2.05) is 0 Å². The van der Waals surface area contributed by atoms with Crippen molar-refractivity contribution < 1.29 is 18.3 Å². The molecule has 1 rings (SSSR count). The Morgan fingerprint density at radius 3 is 2.42 bits per heavy atom. The van der Waals surface area contributed by atoms with Gasteiger partial charge in [0.15, 0.2) is 0 Å². The van der Waals surface area contributed by atoms with Crippen molar-refractivity contribution in [1.29, 1.82) is 0 Å². The first kappa shape index (κ1) is 15.5. The minimum Gasteiger partial charge on any atom is -0.481 e. The van der Waals surface area contributed by atoms with E-state index in [0.29, 0.717) is 12.1 Å². The lowest BCUT2D eigenvalue weighted by molar-refractivity contribution is -0.136. The maximum Gasteiger partial charge on any atom is 0.303 e. The van der Waals surface area contributed by atoms with E-state index in [1.54, 1.807) is 24.3 Å². The van der Waals surface area contributed by atoms with Crippen LogP contribution in [0.2, 0.25) is 0 Å². The first-order valence-corrected chi connectivity index (χ1v) is 7.12. The average Bonchev–Trinajstić information content (AvgIpc) is 2.35. The molecule has 0 radical (unpaired) electrons. The van der Waals surface area contributed by atoms with Gasteiger partial charge in [0.1, 0.15) is 0 Å². The van der Waals surface area contributed by atoms with Crippen LogP contribution in [-0.4, -0.2) is 44.9 Å². The van der Waals surface area contributed by atoms with Crippen molar-refractivity contribution in [3.05, 3.63) is 29.8 Å². The van der Waals surface area contributed by atoms with Gasteiger partial charge in [0.2, 0.25) is 0 Å². The molecule has 0 aliphatic carbocycles. The molecule has 1 aromatic carbocycles. The van der Waals surface area contributed by atoms with Crippen molar-refractivity contribution in [2.75, 3.05) is 25.4 Å². The fraction of sp³-hybridized carbons (Fsp3) is 0.417. The molecule has 1 aromatic rings. The summed E-state index contributed by atoms with van der Waals surface area (Å²) in [6.07, 6.45) is 0.395. The number of carboxylic acid groups (broad SMARTS) is 1. The Labute approximate surface area is 113 Å². The van der Waals surface area contributed by atoms with Gasteiger partial charge in [-0.25, -0.2) is 0 Å². The molecule has 0 aliphatic rings. The lowest BCUT2D eigenvalue weighted by Crippen LogP contribution is -2.37. The maximum atomic E-state index is 12.0. The predicted octanol–water partition coefficient (Wildman–Crippen LogP) is 0.946. The Bertz CT molecular complexity index is 555. The van der Waals surface area contributed by atoms with Crippen LogP contribution in [0, 0.1) is 0 Å². The third kappa shape index (κ3) is 3.93. The number of hydrogen-bond donors (Lipinski definition) is 1. The number of benzene rings is 1. The quantitative estimate of drug-likeness (QED) is 0.844. The van der Waals surface area contributed by atoms with E-state index in [2.05, 4.69) is 0 Å². The molecule has 7 heteroatoms. The standard InChI is InChI=1S/C12H18N2O4S/c1-13(2)19(17,18)14(3)11-6-4-5-10(9-11)7-8-12(15)16/h4-6,9H,7-8H2,1-3H3,(H,15,16). The zero-order valence-electron chi connectivity index (χ0n) is 11.2. The van der Waals surface area contributed by atoms with Gasteiger partial charge in [0.25, 0.3) is 0 Å². The van der Waals surface area contributed by atoms with Crippen LogP contribution in [0.25, 0.3) is 0 Å². The van der Waals surface area contributed by atoms with Crippen LogP contribution in [0.5, 0.6) is 0 Å². The molecule has 1 N–H and O–H groups in total. The van der Waals surface area contributed by atoms with Crippen molar-refractivity contribution in [1.82, 2.24) is 4.31 Å². The molecular weight excluding hydrogens is 268 g/mol. The van der Waals surface area contributed by atoms with Crippen LogP contribution in [0.15, 0.2) is 24.3 Å². The van der Waals surface area contributed by atoms with E-state index in [4.69, 9.17) is 5.11 Å².